The number of halogens is 1. The van der Waals surface area contributed by atoms with Crippen LogP contribution in [0.4, 0.5) is 0 Å². The molecule has 0 aromatic rings. The normalized spacial score (nSPS) is 25.0. The Morgan fingerprint density at radius 1 is 1.50 bits per heavy atom. The lowest BCUT2D eigenvalue weighted by atomic mass is 10.1. The number of hydrogen-bond acceptors (Lipinski definition) is 2. The van der Waals surface area contributed by atoms with Crippen molar-refractivity contribution in [2.24, 2.45) is 0 Å². The summed E-state index contributed by atoms with van der Waals surface area (Å²) in [6.45, 7) is 2.76. The molecule has 0 spiro atoms. The minimum Gasteiger partial charge on any atom is -0.396 e. The van der Waals surface area contributed by atoms with Gasteiger partial charge in [-0.3, -0.25) is 4.90 Å². The van der Waals surface area contributed by atoms with Gasteiger partial charge >= 0.3 is 0 Å². The monoisotopic (exact) mass is 235 g/mol. The molecule has 0 aromatic carbocycles. The van der Waals surface area contributed by atoms with Crippen LogP contribution in [0, 0.1) is 0 Å². The molecule has 0 saturated carbocycles. The Morgan fingerprint density at radius 2 is 2.33 bits per heavy atom. The summed E-state index contributed by atoms with van der Waals surface area (Å²) in [4.78, 5) is 2.53. The Bertz CT molecular complexity index is 121. The van der Waals surface area contributed by atoms with Gasteiger partial charge < -0.3 is 5.11 Å². The molecule has 1 N–H and O–H groups in total. The van der Waals surface area contributed by atoms with Crippen LogP contribution in [-0.2, 0) is 0 Å². The fourth-order valence-electron chi connectivity index (χ4n) is 1.95. The molecule has 0 aromatic heterocycles. The zero-order valence-electron chi connectivity index (χ0n) is 7.51. The van der Waals surface area contributed by atoms with Crippen LogP contribution in [0.15, 0.2) is 0 Å². The first-order valence-electron chi connectivity index (χ1n) is 4.79. The summed E-state index contributed by atoms with van der Waals surface area (Å²) in [7, 11) is 0. The summed E-state index contributed by atoms with van der Waals surface area (Å²) in [5, 5.41) is 9.79. The summed E-state index contributed by atoms with van der Waals surface area (Å²) in [5.41, 5.74) is 0. The van der Waals surface area contributed by atoms with Crippen molar-refractivity contribution in [1.82, 2.24) is 4.90 Å². The van der Waals surface area contributed by atoms with Crippen LogP contribution in [0.3, 0.4) is 0 Å². The maximum atomic E-state index is 8.71. The average molecular weight is 236 g/mol. The largest absolute Gasteiger partial charge is 0.396 e. The van der Waals surface area contributed by atoms with E-state index >= 15 is 0 Å². The summed E-state index contributed by atoms with van der Waals surface area (Å²) in [6.07, 6.45) is 4.79. The van der Waals surface area contributed by atoms with Gasteiger partial charge in [-0.25, -0.2) is 0 Å². The van der Waals surface area contributed by atoms with Gasteiger partial charge in [0, 0.05) is 24.5 Å². The lowest BCUT2D eigenvalue weighted by Gasteiger charge is -2.22. The summed E-state index contributed by atoms with van der Waals surface area (Å²) < 4.78 is 0. The molecule has 1 aliphatic rings. The minimum absolute atomic E-state index is 0.346. The smallest absolute Gasteiger partial charge is 0.0431 e. The van der Waals surface area contributed by atoms with E-state index in [2.05, 4.69) is 20.8 Å². The van der Waals surface area contributed by atoms with Crippen molar-refractivity contribution in [1.29, 1.82) is 0 Å². The lowest BCUT2D eigenvalue weighted by molar-refractivity contribution is 0.225. The van der Waals surface area contributed by atoms with Crippen molar-refractivity contribution in [3.63, 3.8) is 0 Å². The first-order chi connectivity index (χ1) is 5.88. The Morgan fingerprint density at radius 3 is 3.00 bits per heavy atom. The van der Waals surface area contributed by atoms with Crippen LogP contribution in [0.5, 0.6) is 0 Å². The molecule has 3 heteroatoms. The standard InChI is InChI=1S/C9H18BrNO/c10-5-7-11-6-1-3-9(11)4-2-8-12/h9,12H,1-8H2. The van der Waals surface area contributed by atoms with Crippen molar-refractivity contribution >= 4 is 15.9 Å². The van der Waals surface area contributed by atoms with Crippen LogP contribution in [0.2, 0.25) is 0 Å². The number of aliphatic hydroxyl groups excluding tert-OH is 1. The predicted molar refractivity (Wildman–Crippen MR) is 54.7 cm³/mol. The summed E-state index contributed by atoms with van der Waals surface area (Å²) >= 11 is 3.46. The Kier molecular flexibility index (Phi) is 5.19. The molecule has 0 aliphatic carbocycles. The van der Waals surface area contributed by atoms with Crippen molar-refractivity contribution in [2.45, 2.75) is 31.7 Å². The Labute approximate surface area is 83.1 Å². The fraction of sp³-hybridized carbons (Fsp3) is 1.00. The Hall–Kier alpha value is 0.400. The van der Waals surface area contributed by atoms with Crippen LogP contribution >= 0.6 is 15.9 Å². The van der Waals surface area contributed by atoms with Crippen molar-refractivity contribution in [3.8, 4) is 0 Å². The predicted octanol–water partition coefficient (Wildman–Crippen LogP) is 1.62. The zero-order valence-corrected chi connectivity index (χ0v) is 9.09. The molecule has 1 heterocycles. The van der Waals surface area contributed by atoms with Crippen LogP contribution in [-0.4, -0.2) is 41.1 Å². The summed E-state index contributed by atoms with van der Waals surface area (Å²) in [5.74, 6) is 0. The molecule has 0 radical (unpaired) electrons. The van der Waals surface area contributed by atoms with E-state index in [9.17, 15) is 0 Å². The van der Waals surface area contributed by atoms with E-state index in [1.54, 1.807) is 0 Å². The Balaban J connectivity index is 2.20. The highest BCUT2D eigenvalue weighted by Crippen LogP contribution is 2.20. The number of likely N-dealkylation sites (tertiary alicyclic amines) is 1. The lowest BCUT2D eigenvalue weighted by Crippen LogP contribution is -2.31. The van der Waals surface area contributed by atoms with Crippen molar-refractivity contribution in [2.75, 3.05) is 25.0 Å². The molecule has 2 nitrogen and oxygen atoms in total. The van der Waals surface area contributed by atoms with Gasteiger partial charge in [0.05, 0.1) is 0 Å². The first kappa shape index (κ1) is 10.5. The number of aliphatic hydroxyl groups is 1. The molecular weight excluding hydrogens is 218 g/mol. The van der Waals surface area contributed by atoms with Crippen LogP contribution < -0.4 is 0 Å². The van der Waals surface area contributed by atoms with E-state index in [-0.39, 0.29) is 0 Å². The zero-order chi connectivity index (χ0) is 8.81. The van der Waals surface area contributed by atoms with Gasteiger partial charge in [0.25, 0.3) is 0 Å². The third kappa shape index (κ3) is 3.04. The van der Waals surface area contributed by atoms with Crippen molar-refractivity contribution < 1.29 is 5.11 Å². The molecule has 1 fully saturated rings. The van der Waals surface area contributed by atoms with Gasteiger partial charge in [-0.15, -0.1) is 0 Å². The maximum Gasteiger partial charge on any atom is 0.0431 e. The average Bonchev–Trinajstić information content (AvgIpc) is 2.50. The molecule has 12 heavy (non-hydrogen) atoms. The van der Waals surface area contributed by atoms with Crippen LogP contribution in [0.1, 0.15) is 25.7 Å². The molecular formula is C9H18BrNO. The van der Waals surface area contributed by atoms with E-state index in [4.69, 9.17) is 5.11 Å². The molecule has 1 unspecified atom stereocenters. The quantitative estimate of drug-likeness (QED) is 0.733. The van der Waals surface area contributed by atoms with Gasteiger partial charge in [0.15, 0.2) is 0 Å². The molecule has 1 saturated heterocycles. The first-order valence-corrected chi connectivity index (χ1v) is 5.91. The number of nitrogens with zero attached hydrogens (tertiary/aromatic N) is 1. The summed E-state index contributed by atoms with van der Waals surface area (Å²) in [6, 6.07) is 0.745. The highest BCUT2D eigenvalue weighted by atomic mass is 79.9. The van der Waals surface area contributed by atoms with E-state index in [1.807, 2.05) is 0 Å². The SMILES string of the molecule is OCCCC1CCCN1CCBr. The molecule has 72 valence electrons. The fourth-order valence-corrected chi connectivity index (χ4v) is 2.41. The third-order valence-electron chi connectivity index (χ3n) is 2.57. The van der Waals surface area contributed by atoms with Crippen molar-refractivity contribution in [3.05, 3.63) is 0 Å². The second-order valence-corrected chi connectivity index (χ2v) is 4.18. The molecule has 1 aliphatic heterocycles. The third-order valence-corrected chi connectivity index (χ3v) is 2.92. The van der Waals surface area contributed by atoms with Gasteiger partial charge in [-0.1, -0.05) is 15.9 Å². The minimum atomic E-state index is 0.346. The topological polar surface area (TPSA) is 23.5 Å². The van der Waals surface area contributed by atoms with Gasteiger partial charge in [0.2, 0.25) is 0 Å². The highest BCUT2D eigenvalue weighted by molar-refractivity contribution is 9.09. The maximum absolute atomic E-state index is 8.71. The molecule has 1 atom stereocenters. The van der Waals surface area contributed by atoms with E-state index in [0.29, 0.717) is 6.61 Å². The van der Waals surface area contributed by atoms with Gasteiger partial charge in [0.1, 0.15) is 0 Å². The van der Waals surface area contributed by atoms with E-state index in [1.165, 1.54) is 25.8 Å². The van der Waals surface area contributed by atoms with Gasteiger partial charge in [-0.05, 0) is 32.2 Å². The number of alkyl halides is 1. The van der Waals surface area contributed by atoms with E-state index in [0.717, 1.165) is 24.3 Å². The molecule has 1 rings (SSSR count). The second-order valence-electron chi connectivity index (χ2n) is 3.39. The number of hydrogen-bond donors (Lipinski definition) is 1. The van der Waals surface area contributed by atoms with E-state index < -0.39 is 0 Å². The molecule has 0 amide bonds. The highest BCUT2D eigenvalue weighted by Gasteiger charge is 2.22. The second kappa shape index (κ2) is 5.95. The molecule has 0 bridgehead atoms. The van der Waals surface area contributed by atoms with Gasteiger partial charge in [-0.2, -0.15) is 0 Å². The van der Waals surface area contributed by atoms with Crippen LogP contribution in [0.25, 0.3) is 0 Å². The number of rotatable bonds is 5.